The first-order valence-electron chi connectivity index (χ1n) is 4.55. The van der Waals surface area contributed by atoms with E-state index in [2.05, 4.69) is 0 Å². The molecule has 0 rings (SSSR count). The van der Waals surface area contributed by atoms with Gasteiger partial charge in [0, 0.05) is 0 Å². The second kappa shape index (κ2) is 5.10. The van der Waals surface area contributed by atoms with E-state index in [-0.39, 0.29) is 5.82 Å². The molecule has 72 valence electrons. The molecule has 0 aromatic heterocycles. The molecule has 0 bridgehead atoms. The molecule has 0 aromatic rings. The quantitative estimate of drug-likeness (QED) is 0.521. The zero-order chi connectivity index (χ0) is 10.5. The van der Waals surface area contributed by atoms with Crippen LogP contribution >= 0.6 is 0 Å². The van der Waals surface area contributed by atoms with Gasteiger partial charge in [0.1, 0.15) is 0 Å². The Labute approximate surface area is 81.4 Å². The fraction of sp³-hybridized carbons (Fsp3) is 0.700. The van der Waals surface area contributed by atoms with Gasteiger partial charge < -0.3 is 5.11 Å². The number of carbonyl (C=O) groups is 1. The van der Waals surface area contributed by atoms with E-state index in [9.17, 15) is 4.79 Å². The van der Waals surface area contributed by atoms with Gasteiger partial charge >= 0.3 is 5.97 Å². The Balaban J connectivity index is 4.11. The van der Waals surface area contributed by atoms with E-state index in [0.29, 0.717) is 6.42 Å². The molecule has 0 fully saturated rings. The highest BCUT2D eigenvalue weighted by Crippen LogP contribution is 2.27. The number of hydrogen-bond acceptors (Lipinski definition) is 1. The summed E-state index contributed by atoms with van der Waals surface area (Å²) in [5, 5.41) is 8.84. The summed E-state index contributed by atoms with van der Waals surface area (Å²) in [7, 11) is 5.73. The molecule has 0 saturated heterocycles. The number of aliphatic carboxylic acids is 1. The van der Waals surface area contributed by atoms with Crippen LogP contribution in [0.5, 0.6) is 0 Å². The van der Waals surface area contributed by atoms with Crippen molar-refractivity contribution < 1.29 is 9.90 Å². The van der Waals surface area contributed by atoms with Crippen LogP contribution in [-0.2, 0) is 4.79 Å². The molecule has 1 N–H and O–H groups in total. The van der Waals surface area contributed by atoms with E-state index in [0.717, 1.165) is 6.42 Å². The van der Waals surface area contributed by atoms with Gasteiger partial charge in [-0.2, -0.15) is 0 Å². The molecular formula is C10H17BO2. The van der Waals surface area contributed by atoms with Crippen molar-refractivity contribution in [2.45, 2.75) is 39.4 Å². The second-order valence-electron chi connectivity index (χ2n) is 3.89. The molecule has 0 aliphatic rings. The number of rotatable bonds is 5. The van der Waals surface area contributed by atoms with Crippen LogP contribution in [0, 0.1) is 5.41 Å². The normalized spacial score (nSPS) is 14.7. The summed E-state index contributed by atoms with van der Waals surface area (Å²) in [5.41, 5.74) is -0.739. The molecule has 0 spiro atoms. The van der Waals surface area contributed by atoms with Gasteiger partial charge in [0.15, 0.2) is 0 Å². The van der Waals surface area contributed by atoms with Gasteiger partial charge in [-0.05, 0) is 26.7 Å². The fourth-order valence-electron chi connectivity index (χ4n) is 1.06. The van der Waals surface area contributed by atoms with Crippen molar-refractivity contribution in [3.05, 3.63) is 12.2 Å². The molecule has 0 amide bonds. The van der Waals surface area contributed by atoms with Crippen LogP contribution < -0.4 is 0 Å². The average molecular weight is 180 g/mol. The summed E-state index contributed by atoms with van der Waals surface area (Å²) in [4.78, 5) is 10.8. The predicted octanol–water partition coefficient (Wildman–Crippen LogP) is 2.41. The summed E-state index contributed by atoms with van der Waals surface area (Å²) in [6, 6.07) is 0. The molecule has 0 aliphatic carbocycles. The summed E-state index contributed by atoms with van der Waals surface area (Å²) in [5.74, 6) is -0.959. The van der Waals surface area contributed by atoms with Gasteiger partial charge in [-0.15, -0.1) is 0 Å². The van der Waals surface area contributed by atoms with Crippen LogP contribution in [0.1, 0.15) is 33.6 Å². The maximum absolute atomic E-state index is 10.8. The Morgan fingerprint density at radius 2 is 2.15 bits per heavy atom. The average Bonchev–Trinajstić information content (AvgIpc) is 1.99. The fourth-order valence-corrected chi connectivity index (χ4v) is 1.06. The molecule has 0 aromatic carbocycles. The zero-order valence-electron chi connectivity index (χ0n) is 8.58. The van der Waals surface area contributed by atoms with Crippen LogP contribution in [0.3, 0.4) is 0 Å². The monoisotopic (exact) mass is 180 g/mol. The number of hydrogen-bond donors (Lipinski definition) is 1. The van der Waals surface area contributed by atoms with Crippen molar-refractivity contribution in [3.8, 4) is 0 Å². The van der Waals surface area contributed by atoms with Crippen molar-refractivity contribution in [2.24, 2.45) is 5.41 Å². The van der Waals surface area contributed by atoms with Crippen molar-refractivity contribution in [1.82, 2.24) is 0 Å². The van der Waals surface area contributed by atoms with Crippen LogP contribution in [0.4, 0.5) is 0 Å². The summed E-state index contributed by atoms with van der Waals surface area (Å²) < 4.78 is 0. The lowest BCUT2D eigenvalue weighted by atomic mass is 9.73. The molecule has 3 heteroatoms. The molecule has 1 atom stereocenters. The maximum Gasteiger partial charge on any atom is 0.309 e. The Bertz CT molecular complexity index is 197. The molecule has 2 radical (unpaired) electrons. The number of allylic oxidation sites excluding steroid dienone is 2. The van der Waals surface area contributed by atoms with E-state index in [1.54, 1.807) is 13.8 Å². The van der Waals surface area contributed by atoms with E-state index < -0.39 is 11.4 Å². The third-order valence-corrected chi connectivity index (χ3v) is 1.94. The van der Waals surface area contributed by atoms with Crippen LogP contribution in [0.15, 0.2) is 12.2 Å². The van der Waals surface area contributed by atoms with Crippen LogP contribution in [0.2, 0.25) is 5.82 Å². The van der Waals surface area contributed by atoms with Crippen LogP contribution in [-0.4, -0.2) is 18.9 Å². The lowest BCUT2D eigenvalue weighted by Crippen LogP contribution is -2.24. The molecule has 0 saturated carbocycles. The van der Waals surface area contributed by atoms with Crippen molar-refractivity contribution in [1.29, 1.82) is 0 Å². The molecule has 0 aliphatic heterocycles. The molecular weight excluding hydrogens is 163 g/mol. The minimum Gasteiger partial charge on any atom is -0.481 e. The zero-order valence-corrected chi connectivity index (χ0v) is 8.58. The highest BCUT2D eigenvalue weighted by Gasteiger charge is 2.27. The largest absolute Gasteiger partial charge is 0.481 e. The van der Waals surface area contributed by atoms with E-state index in [4.69, 9.17) is 13.0 Å². The van der Waals surface area contributed by atoms with Crippen molar-refractivity contribution in [2.75, 3.05) is 0 Å². The van der Waals surface area contributed by atoms with E-state index in [1.807, 2.05) is 19.1 Å². The molecule has 0 heterocycles. The smallest absolute Gasteiger partial charge is 0.309 e. The van der Waals surface area contributed by atoms with Gasteiger partial charge in [-0.3, -0.25) is 4.79 Å². The van der Waals surface area contributed by atoms with Gasteiger partial charge in [0.2, 0.25) is 0 Å². The summed E-state index contributed by atoms with van der Waals surface area (Å²) in [6.07, 6.45) is 5.23. The van der Waals surface area contributed by atoms with Crippen molar-refractivity contribution >= 4 is 13.8 Å². The van der Waals surface area contributed by atoms with Crippen molar-refractivity contribution in [3.63, 3.8) is 0 Å². The standard InChI is InChI=1S/C10H17BO2/c1-4-5-6-8(11)7-10(2,3)9(12)13/h5-6,8H,4,7H2,1-3H3,(H,12,13)/b6-5+. The first-order valence-corrected chi connectivity index (χ1v) is 4.55. The Morgan fingerprint density at radius 1 is 1.62 bits per heavy atom. The molecule has 13 heavy (non-hydrogen) atoms. The van der Waals surface area contributed by atoms with Gasteiger partial charge in [0.05, 0.1) is 13.3 Å². The summed E-state index contributed by atoms with van der Waals surface area (Å²) >= 11 is 0. The number of carboxylic acid groups (broad SMARTS) is 1. The summed E-state index contributed by atoms with van der Waals surface area (Å²) in [6.45, 7) is 5.40. The van der Waals surface area contributed by atoms with Crippen LogP contribution in [0.25, 0.3) is 0 Å². The Hall–Kier alpha value is -0.725. The lowest BCUT2D eigenvalue weighted by molar-refractivity contribution is -0.147. The van der Waals surface area contributed by atoms with Gasteiger partial charge in [0.25, 0.3) is 0 Å². The van der Waals surface area contributed by atoms with Gasteiger partial charge in [-0.1, -0.05) is 24.9 Å². The Morgan fingerprint density at radius 3 is 2.54 bits per heavy atom. The van der Waals surface area contributed by atoms with E-state index in [1.165, 1.54) is 0 Å². The molecule has 1 unspecified atom stereocenters. The highest BCUT2D eigenvalue weighted by molar-refractivity contribution is 6.13. The predicted molar refractivity (Wildman–Crippen MR) is 55.0 cm³/mol. The maximum atomic E-state index is 10.8. The Kier molecular flexibility index (Phi) is 4.82. The third-order valence-electron chi connectivity index (χ3n) is 1.94. The molecule has 2 nitrogen and oxygen atoms in total. The topological polar surface area (TPSA) is 37.3 Å². The minimum atomic E-state index is -0.798. The second-order valence-corrected chi connectivity index (χ2v) is 3.89. The third kappa shape index (κ3) is 4.76. The van der Waals surface area contributed by atoms with Gasteiger partial charge in [-0.25, -0.2) is 0 Å². The highest BCUT2D eigenvalue weighted by atomic mass is 16.4. The number of carboxylic acids is 1. The SMILES string of the molecule is [B]C(/C=C/CC)CC(C)(C)C(=O)O. The minimum absolute atomic E-state index is 0.161. The first-order chi connectivity index (χ1) is 5.90. The van der Waals surface area contributed by atoms with E-state index >= 15 is 0 Å². The first kappa shape index (κ1) is 12.3. The lowest BCUT2D eigenvalue weighted by Gasteiger charge is -2.21.